The van der Waals surface area contributed by atoms with Crippen LogP contribution in [0.3, 0.4) is 0 Å². The van der Waals surface area contributed by atoms with Crippen LogP contribution >= 0.6 is 22.7 Å². The molecule has 0 amide bonds. The molecule has 310 valence electrons. The summed E-state index contributed by atoms with van der Waals surface area (Å²) >= 11 is 2.85. The third kappa shape index (κ3) is 8.50. The van der Waals surface area contributed by atoms with Gasteiger partial charge in [0.2, 0.25) is 0 Å². The average molecular weight is 923 g/mol. The summed E-state index contributed by atoms with van der Waals surface area (Å²) < 4.78 is 23.5. The van der Waals surface area contributed by atoms with Crippen LogP contribution in [0, 0.1) is 23.7 Å². The van der Waals surface area contributed by atoms with Crippen molar-refractivity contribution >= 4 is 81.0 Å². The molecular formula is C50H28N4Na2O8S2. The molecule has 8 bridgehead atoms. The van der Waals surface area contributed by atoms with Gasteiger partial charge in [-0.25, -0.2) is 9.97 Å². The predicted molar refractivity (Wildman–Crippen MR) is 241 cm³/mol. The summed E-state index contributed by atoms with van der Waals surface area (Å²) in [7, 11) is 0. The van der Waals surface area contributed by atoms with E-state index < -0.39 is 11.9 Å². The molecule has 0 aliphatic carbocycles. The van der Waals surface area contributed by atoms with Crippen molar-refractivity contribution < 1.29 is 97.9 Å². The van der Waals surface area contributed by atoms with Crippen LogP contribution in [0.5, 0.6) is 23.0 Å². The summed E-state index contributed by atoms with van der Waals surface area (Å²) in [6.07, 6.45) is 7.59. The Bertz CT molecular complexity index is 3260. The Morgan fingerprint density at radius 3 is 1.29 bits per heavy atom. The summed E-state index contributed by atoms with van der Waals surface area (Å²) in [4.78, 5) is 42.6. The number of carbonyl (C=O) groups excluding carboxylic acids is 2. The largest absolute Gasteiger partial charge is 1.00 e. The smallest absolute Gasteiger partial charge is 0.545 e. The van der Waals surface area contributed by atoms with Crippen LogP contribution in [0.1, 0.15) is 64.4 Å². The number of hydrogen-bond donors (Lipinski definition) is 2. The summed E-state index contributed by atoms with van der Waals surface area (Å²) in [5.74, 6) is 13.4. The molecule has 0 saturated carbocycles. The van der Waals surface area contributed by atoms with Crippen LogP contribution in [0.4, 0.5) is 0 Å². The Morgan fingerprint density at radius 2 is 0.879 bits per heavy atom. The number of carboxylic acids is 2. The molecule has 0 spiro atoms. The average Bonchev–Trinajstić information content (AvgIpc) is 4.19. The number of hydrogen-bond acceptors (Lipinski definition) is 12. The van der Waals surface area contributed by atoms with Gasteiger partial charge in [0.15, 0.2) is 23.0 Å². The number of aromatic carboxylic acids is 2. The van der Waals surface area contributed by atoms with Gasteiger partial charge in [-0.15, -0.1) is 22.7 Å². The van der Waals surface area contributed by atoms with E-state index in [0.29, 0.717) is 137 Å². The number of nitrogens with one attached hydrogen (secondary N) is 2. The predicted octanol–water partition coefficient (Wildman–Crippen LogP) is 1.19. The van der Waals surface area contributed by atoms with E-state index >= 15 is 0 Å². The number of fused-ring (bicyclic) bond motifs is 10. The quantitative estimate of drug-likeness (QED) is 0.193. The number of H-pyrrole nitrogens is 2. The third-order valence-electron chi connectivity index (χ3n) is 10.8. The van der Waals surface area contributed by atoms with Gasteiger partial charge in [0.25, 0.3) is 0 Å². The first-order valence-corrected chi connectivity index (χ1v) is 21.7. The maximum atomic E-state index is 11.8. The number of aromatic amines is 2. The molecule has 11 rings (SSSR count). The molecule has 12 nitrogen and oxygen atoms in total. The number of carbonyl (C=O) groups is 2. The van der Waals surface area contributed by atoms with Crippen LogP contribution < -0.4 is 88.3 Å². The number of benzene rings is 2. The minimum absolute atomic E-state index is 0. The molecule has 9 heterocycles. The van der Waals surface area contributed by atoms with Gasteiger partial charge in [0.1, 0.15) is 36.2 Å². The minimum atomic E-state index is -1.28. The molecule has 66 heavy (non-hydrogen) atoms. The number of ether oxygens (including phenoxy) is 4. The molecule has 5 aromatic heterocycles. The van der Waals surface area contributed by atoms with Crippen LogP contribution in [0.15, 0.2) is 83.6 Å². The van der Waals surface area contributed by atoms with Gasteiger partial charge in [0, 0.05) is 32.9 Å². The molecule has 7 aromatic rings. The van der Waals surface area contributed by atoms with E-state index in [1.807, 2.05) is 59.3 Å². The van der Waals surface area contributed by atoms with E-state index in [-0.39, 0.29) is 70.2 Å². The van der Waals surface area contributed by atoms with Crippen molar-refractivity contribution in [1.29, 1.82) is 0 Å². The summed E-state index contributed by atoms with van der Waals surface area (Å²) in [5, 5.41) is 27.3. The molecule has 4 aliphatic rings. The minimum Gasteiger partial charge on any atom is -0.545 e. The maximum Gasteiger partial charge on any atom is 1.00 e. The standard InChI is InChI=1S/C50H30N4O8S2.2Na/c55-49(56)29-5-1-27(2-6-29)45-37-15-11-33(51-37)31(9-19-43-47-41(25-63-43)59-21-23-61-47)35-13-17-39(53-35)46(28-3-7-30(8-4-28)50(57)58)40-18-14-36(54-40)32(34-12-16-38(45)52-34)10-20-44-48-42(26-64-44)60-22-24-62-48;;/h1-8,11-18,25-26,51,54H,21-24H2,(H,55,56)(H,57,58);;/q;2*+1/p-2. The third-order valence-corrected chi connectivity index (χ3v) is 12.5. The maximum absolute atomic E-state index is 11.8. The molecule has 0 saturated heterocycles. The number of nitrogens with zero attached hydrogens (tertiary/aromatic N) is 2. The molecule has 0 radical (unpaired) electrons. The Kier molecular flexibility index (Phi) is 12.8. The first-order valence-electron chi connectivity index (χ1n) is 19.9. The normalized spacial score (nSPS) is 12.7. The summed E-state index contributed by atoms with van der Waals surface area (Å²) in [6, 6.07) is 20.6. The number of thiophene rings is 2. The molecule has 16 heteroatoms. The number of aromatic nitrogens is 4. The fourth-order valence-corrected chi connectivity index (χ4v) is 9.31. The van der Waals surface area contributed by atoms with E-state index in [1.54, 1.807) is 24.3 Å². The zero-order valence-electron chi connectivity index (χ0n) is 35.2. The van der Waals surface area contributed by atoms with Crippen molar-refractivity contribution in [2.24, 2.45) is 0 Å². The van der Waals surface area contributed by atoms with Gasteiger partial charge < -0.3 is 48.7 Å². The molecule has 0 fully saturated rings. The van der Waals surface area contributed by atoms with Crippen LogP contribution in [-0.2, 0) is 0 Å². The van der Waals surface area contributed by atoms with E-state index in [2.05, 4.69) is 33.6 Å². The van der Waals surface area contributed by atoms with Gasteiger partial charge in [-0.3, -0.25) is 0 Å². The van der Waals surface area contributed by atoms with Crippen LogP contribution in [-0.4, -0.2) is 58.3 Å². The molecule has 2 aromatic carbocycles. The van der Waals surface area contributed by atoms with Gasteiger partial charge >= 0.3 is 59.1 Å². The first kappa shape index (κ1) is 44.9. The van der Waals surface area contributed by atoms with Gasteiger partial charge in [-0.2, -0.15) is 0 Å². The van der Waals surface area contributed by atoms with Crippen molar-refractivity contribution in [3.8, 4) is 68.9 Å². The zero-order chi connectivity index (χ0) is 43.3. The zero-order valence-corrected chi connectivity index (χ0v) is 40.8. The van der Waals surface area contributed by atoms with Gasteiger partial charge in [0.05, 0.1) is 56.9 Å². The van der Waals surface area contributed by atoms with Gasteiger partial charge in [-0.1, -0.05) is 60.4 Å². The van der Waals surface area contributed by atoms with Crippen molar-refractivity contribution in [1.82, 2.24) is 19.9 Å². The second-order valence-corrected chi connectivity index (χ2v) is 16.4. The molecule has 2 N–H and O–H groups in total. The number of rotatable bonds is 4. The topological polar surface area (TPSA) is 175 Å². The second kappa shape index (κ2) is 18.9. The van der Waals surface area contributed by atoms with Crippen LogP contribution in [0.25, 0.3) is 68.6 Å². The van der Waals surface area contributed by atoms with E-state index in [4.69, 9.17) is 28.9 Å². The Balaban J connectivity index is 0.00000274. The van der Waals surface area contributed by atoms with E-state index in [1.165, 1.54) is 46.9 Å². The summed E-state index contributed by atoms with van der Waals surface area (Å²) in [6.45, 7) is 1.75. The number of carboxylic acid groups (broad SMARTS) is 2. The van der Waals surface area contributed by atoms with Crippen molar-refractivity contribution in [3.63, 3.8) is 0 Å². The monoisotopic (exact) mass is 922 g/mol. The Labute approximate surface area is 428 Å². The molecule has 4 aliphatic heterocycles. The van der Waals surface area contributed by atoms with Crippen LogP contribution in [0.2, 0.25) is 0 Å². The van der Waals surface area contributed by atoms with E-state index in [0.717, 1.165) is 0 Å². The van der Waals surface area contributed by atoms with Crippen molar-refractivity contribution in [3.05, 3.63) is 138 Å². The molecular weight excluding hydrogens is 895 g/mol. The molecule has 0 unspecified atom stereocenters. The van der Waals surface area contributed by atoms with Crippen molar-refractivity contribution in [2.75, 3.05) is 26.4 Å². The fourth-order valence-electron chi connectivity index (χ4n) is 7.76. The van der Waals surface area contributed by atoms with Gasteiger partial charge in [-0.05, 0) is 82.7 Å². The fraction of sp³-hybridized carbons (Fsp3) is 0.0800. The summed E-state index contributed by atoms with van der Waals surface area (Å²) in [5.41, 5.74) is 9.05. The first-order chi connectivity index (χ1) is 31.3. The van der Waals surface area contributed by atoms with Crippen molar-refractivity contribution in [2.45, 2.75) is 0 Å². The SMILES string of the molecule is O=C([O-])c1ccc(-c2c3nc(c(C#Cc4scc5c4OCCO5)c4ccc([nH]4)c(-c4ccc(C(=O)[O-])cc4)c4nc(c(C#Cc5scc6c5OCCO6)c5ccc2[nH]5)C=C4)C=C3)cc1.[Na+].[Na+]. The Morgan fingerprint density at radius 1 is 0.500 bits per heavy atom. The van der Waals surface area contributed by atoms with E-state index in [9.17, 15) is 19.8 Å². The second-order valence-electron chi connectivity index (χ2n) is 14.6. The molecule has 0 atom stereocenters. The Hall–Kier alpha value is -6.30.